The molecule has 4 rings (SSSR count). The van der Waals surface area contributed by atoms with Crippen molar-refractivity contribution in [2.75, 3.05) is 19.6 Å². The van der Waals surface area contributed by atoms with Crippen molar-refractivity contribution in [1.29, 1.82) is 0 Å². The number of aromatic nitrogens is 3. The normalized spacial score (nSPS) is 17.9. The Balaban J connectivity index is 1.28. The highest BCUT2D eigenvalue weighted by Crippen LogP contribution is 2.23. The fourth-order valence-electron chi connectivity index (χ4n) is 4.50. The molecule has 2 aromatic rings. The average Bonchev–Trinajstić information content (AvgIpc) is 3.23. The molecule has 1 aliphatic heterocycles. The molecule has 1 aromatic heterocycles. The molecule has 1 aliphatic carbocycles. The van der Waals surface area contributed by atoms with Crippen LogP contribution in [0.15, 0.2) is 34.7 Å². The summed E-state index contributed by atoms with van der Waals surface area (Å²) in [5.41, 5.74) is 2.81. The molecule has 1 amide bonds. The van der Waals surface area contributed by atoms with Gasteiger partial charge in [-0.3, -0.25) is 4.79 Å². The molecule has 1 N–H and O–H groups in total. The van der Waals surface area contributed by atoms with Gasteiger partial charge in [-0.25, -0.2) is 13.1 Å². The van der Waals surface area contributed by atoms with Crippen LogP contribution in [0, 0.1) is 0 Å². The first-order valence-electron chi connectivity index (χ1n) is 11.8. The highest BCUT2D eigenvalue weighted by Gasteiger charge is 2.26. The Bertz CT molecular complexity index is 1070. The minimum Gasteiger partial charge on any atom is -0.356 e. The van der Waals surface area contributed by atoms with Gasteiger partial charge in [0.15, 0.2) is 0 Å². The van der Waals surface area contributed by atoms with E-state index in [1.807, 2.05) is 0 Å². The molecule has 9 heteroatoms. The molecule has 0 atom stereocenters. The van der Waals surface area contributed by atoms with Crippen molar-refractivity contribution in [1.82, 2.24) is 24.6 Å². The molecule has 0 spiro atoms. The van der Waals surface area contributed by atoms with Gasteiger partial charge in [-0.2, -0.15) is 4.31 Å². The topological polar surface area (TPSA) is 97.2 Å². The van der Waals surface area contributed by atoms with E-state index in [4.69, 9.17) is 0 Å². The average molecular weight is 460 g/mol. The number of carbonyl (C=O) groups is 1. The van der Waals surface area contributed by atoms with Gasteiger partial charge in [0.05, 0.1) is 10.4 Å². The Kier molecular flexibility index (Phi) is 7.57. The zero-order chi connectivity index (χ0) is 22.4. The lowest BCUT2D eigenvalue weighted by molar-refractivity contribution is -0.121. The number of piperidine rings is 1. The number of benzene rings is 1. The molecule has 1 saturated heterocycles. The van der Waals surface area contributed by atoms with Gasteiger partial charge in [0.2, 0.25) is 15.9 Å². The summed E-state index contributed by atoms with van der Waals surface area (Å²) in [6.07, 6.45) is 12.1. The van der Waals surface area contributed by atoms with E-state index in [2.05, 4.69) is 21.7 Å². The summed E-state index contributed by atoms with van der Waals surface area (Å²) >= 11 is 0. The first-order chi connectivity index (χ1) is 15.5. The van der Waals surface area contributed by atoms with Crippen molar-refractivity contribution in [3.63, 3.8) is 0 Å². The largest absolute Gasteiger partial charge is 0.356 e. The third kappa shape index (κ3) is 5.56. The number of hydrogen-bond acceptors (Lipinski definition) is 5. The van der Waals surface area contributed by atoms with Crippen LogP contribution in [0.2, 0.25) is 0 Å². The van der Waals surface area contributed by atoms with Crippen LogP contribution < -0.4 is 5.32 Å². The van der Waals surface area contributed by atoms with Crippen LogP contribution in [0.4, 0.5) is 0 Å². The van der Waals surface area contributed by atoms with Crippen molar-refractivity contribution >= 4 is 27.0 Å². The van der Waals surface area contributed by atoms with Crippen molar-refractivity contribution in [3.05, 3.63) is 29.8 Å². The second kappa shape index (κ2) is 10.6. The van der Waals surface area contributed by atoms with Gasteiger partial charge in [0.25, 0.3) is 0 Å². The van der Waals surface area contributed by atoms with Crippen LogP contribution in [-0.4, -0.2) is 53.3 Å². The van der Waals surface area contributed by atoms with Gasteiger partial charge < -0.3 is 5.32 Å². The number of amides is 1. The Labute approximate surface area is 190 Å². The molecule has 2 aliphatic rings. The molecule has 8 nitrogen and oxygen atoms in total. The highest BCUT2D eigenvalue weighted by molar-refractivity contribution is 7.89. The van der Waals surface area contributed by atoms with Crippen LogP contribution in [-0.2, 0) is 21.4 Å². The van der Waals surface area contributed by atoms with Gasteiger partial charge in [-0.15, -0.1) is 5.10 Å². The predicted octanol–water partition coefficient (Wildman–Crippen LogP) is 3.39. The molecule has 1 aromatic carbocycles. The van der Waals surface area contributed by atoms with Crippen LogP contribution >= 0.6 is 0 Å². The number of rotatable bonds is 9. The van der Waals surface area contributed by atoms with Gasteiger partial charge in [0, 0.05) is 32.6 Å². The van der Waals surface area contributed by atoms with E-state index in [1.54, 1.807) is 27.2 Å². The van der Waals surface area contributed by atoms with E-state index in [0.29, 0.717) is 44.5 Å². The minimum atomic E-state index is -3.49. The predicted molar refractivity (Wildman–Crippen MR) is 124 cm³/mol. The van der Waals surface area contributed by atoms with Crippen molar-refractivity contribution < 1.29 is 13.2 Å². The molecule has 0 saturated carbocycles. The lowest BCUT2D eigenvalue weighted by atomic mass is 9.97. The second-order valence-corrected chi connectivity index (χ2v) is 10.7. The lowest BCUT2D eigenvalue weighted by Gasteiger charge is -2.25. The van der Waals surface area contributed by atoms with E-state index in [1.165, 1.54) is 24.8 Å². The van der Waals surface area contributed by atoms with Crippen LogP contribution in [0.5, 0.6) is 0 Å². The van der Waals surface area contributed by atoms with Crippen LogP contribution in [0.3, 0.4) is 0 Å². The minimum absolute atomic E-state index is 0.0562. The zero-order valence-corrected chi connectivity index (χ0v) is 19.4. The molecule has 2 heterocycles. The van der Waals surface area contributed by atoms with Crippen molar-refractivity contribution in [2.45, 2.75) is 75.6 Å². The third-order valence-corrected chi connectivity index (χ3v) is 8.26. The summed E-state index contributed by atoms with van der Waals surface area (Å²) in [4.78, 5) is 12.4. The van der Waals surface area contributed by atoms with Gasteiger partial charge in [-0.05, 0) is 69.6 Å². The molecular formula is C23H33N5O3S. The Morgan fingerprint density at radius 1 is 1.09 bits per heavy atom. The summed E-state index contributed by atoms with van der Waals surface area (Å²) in [6, 6.07) is 5.01. The SMILES string of the molecule is O=C(CCCn1nnc2cc(S(=O)(=O)N3CCCCC3)ccc21)NCCC1=CCCCC1. The van der Waals surface area contributed by atoms with Gasteiger partial charge in [0.1, 0.15) is 5.52 Å². The maximum Gasteiger partial charge on any atom is 0.243 e. The Morgan fingerprint density at radius 3 is 2.72 bits per heavy atom. The fraction of sp³-hybridized carbons (Fsp3) is 0.609. The van der Waals surface area contributed by atoms with Crippen LogP contribution in [0.1, 0.15) is 64.2 Å². The zero-order valence-electron chi connectivity index (χ0n) is 18.6. The van der Waals surface area contributed by atoms with E-state index in [9.17, 15) is 13.2 Å². The maximum absolute atomic E-state index is 12.9. The fourth-order valence-corrected chi connectivity index (χ4v) is 6.04. The second-order valence-electron chi connectivity index (χ2n) is 8.74. The molecule has 0 radical (unpaired) electrons. The number of fused-ring (bicyclic) bond motifs is 1. The van der Waals surface area contributed by atoms with E-state index in [0.717, 1.165) is 37.6 Å². The summed E-state index contributed by atoms with van der Waals surface area (Å²) in [6.45, 7) is 2.41. The van der Waals surface area contributed by atoms with E-state index >= 15 is 0 Å². The quantitative estimate of drug-likeness (QED) is 0.580. The molecule has 174 valence electrons. The number of aryl methyl sites for hydroxylation is 1. The number of allylic oxidation sites excluding steroid dienone is 1. The number of carbonyl (C=O) groups excluding carboxylic acids is 1. The van der Waals surface area contributed by atoms with E-state index in [-0.39, 0.29) is 10.8 Å². The number of hydrogen-bond donors (Lipinski definition) is 1. The van der Waals surface area contributed by atoms with Crippen molar-refractivity contribution in [2.24, 2.45) is 0 Å². The van der Waals surface area contributed by atoms with E-state index < -0.39 is 10.0 Å². The summed E-state index contributed by atoms with van der Waals surface area (Å²) in [7, 11) is -3.49. The molecule has 0 unspecified atom stereocenters. The summed E-state index contributed by atoms with van der Waals surface area (Å²) < 4.78 is 29.1. The summed E-state index contributed by atoms with van der Waals surface area (Å²) in [5.74, 6) is 0.0562. The summed E-state index contributed by atoms with van der Waals surface area (Å²) in [5, 5.41) is 11.3. The van der Waals surface area contributed by atoms with Crippen LogP contribution in [0.25, 0.3) is 11.0 Å². The standard InChI is InChI=1S/C23H33N5O3S/c29-23(24-14-13-19-8-3-1-4-9-19)10-7-17-28-22-12-11-20(18-21(22)25-26-28)32(30,31)27-15-5-2-6-16-27/h8,11-12,18H,1-7,9-10,13-17H2,(H,24,29). The number of nitrogens with zero attached hydrogens (tertiary/aromatic N) is 4. The third-order valence-electron chi connectivity index (χ3n) is 6.37. The Hall–Kier alpha value is -2.26. The number of nitrogens with one attached hydrogen (secondary N) is 1. The monoisotopic (exact) mass is 459 g/mol. The molecule has 1 fully saturated rings. The maximum atomic E-state index is 12.9. The van der Waals surface area contributed by atoms with Gasteiger partial charge >= 0.3 is 0 Å². The van der Waals surface area contributed by atoms with Crippen molar-refractivity contribution in [3.8, 4) is 0 Å². The molecular weight excluding hydrogens is 426 g/mol. The molecule has 32 heavy (non-hydrogen) atoms. The first kappa shape index (κ1) is 22.9. The molecule has 0 bridgehead atoms. The lowest BCUT2D eigenvalue weighted by Crippen LogP contribution is -2.35. The van der Waals surface area contributed by atoms with Gasteiger partial charge in [-0.1, -0.05) is 23.3 Å². The smallest absolute Gasteiger partial charge is 0.243 e. The Morgan fingerprint density at radius 2 is 1.94 bits per heavy atom. The number of sulfonamides is 1. The first-order valence-corrected chi connectivity index (χ1v) is 13.3. The highest BCUT2D eigenvalue weighted by atomic mass is 32.2.